The second kappa shape index (κ2) is 5.58. The van der Waals surface area contributed by atoms with Crippen LogP contribution in [0.3, 0.4) is 0 Å². The van der Waals surface area contributed by atoms with Crippen LogP contribution in [0.4, 0.5) is 4.39 Å². The van der Waals surface area contributed by atoms with Crippen molar-refractivity contribution in [1.29, 1.82) is 0 Å². The highest BCUT2D eigenvalue weighted by atomic mass is 19.1. The molecule has 0 bridgehead atoms. The van der Waals surface area contributed by atoms with E-state index in [2.05, 4.69) is 48.4 Å². The van der Waals surface area contributed by atoms with Crippen molar-refractivity contribution in [2.75, 3.05) is 0 Å². The molecule has 0 heterocycles. The van der Waals surface area contributed by atoms with Gasteiger partial charge in [-0.05, 0) is 70.4 Å². The van der Waals surface area contributed by atoms with Crippen LogP contribution in [0, 0.1) is 18.2 Å². The summed E-state index contributed by atoms with van der Waals surface area (Å²) >= 11 is 0. The van der Waals surface area contributed by atoms with E-state index in [0.29, 0.717) is 0 Å². The van der Waals surface area contributed by atoms with Crippen LogP contribution in [0.25, 0.3) is 11.1 Å². The number of unbranched alkanes of at least 4 members (excludes halogenated alkanes) is 1. The van der Waals surface area contributed by atoms with Gasteiger partial charge in [-0.1, -0.05) is 48.6 Å². The highest BCUT2D eigenvalue weighted by Gasteiger charge is 2.51. The predicted octanol–water partition coefficient (Wildman–Crippen LogP) is 6.04. The molecule has 126 valence electrons. The fourth-order valence-corrected chi connectivity index (χ4v) is 5.06. The topological polar surface area (TPSA) is 0 Å². The number of benzene rings is 2. The molecule has 1 unspecified atom stereocenters. The Balaban J connectivity index is 1.77. The van der Waals surface area contributed by atoms with E-state index in [4.69, 9.17) is 6.42 Å². The second-order valence-corrected chi connectivity index (χ2v) is 7.29. The third kappa shape index (κ3) is 1.90. The van der Waals surface area contributed by atoms with Gasteiger partial charge in [0.2, 0.25) is 0 Å². The molecule has 0 amide bonds. The molecule has 3 aliphatic rings. The van der Waals surface area contributed by atoms with E-state index in [9.17, 15) is 4.39 Å². The molecule has 0 saturated heterocycles. The summed E-state index contributed by atoms with van der Waals surface area (Å²) in [4.78, 5) is 0. The summed E-state index contributed by atoms with van der Waals surface area (Å²) in [5.41, 5.74) is 8.74. The van der Waals surface area contributed by atoms with Gasteiger partial charge in [0.05, 0.1) is 0 Å². The number of terminal acetylenes is 1. The molecule has 2 aromatic rings. The Morgan fingerprint density at radius 2 is 2.00 bits per heavy atom. The summed E-state index contributed by atoms with van der Waals surface area (Å²) in [6.07, 6.45) is 15.6. The van der Waals surface area contributed by atoms with E-state index >= 15 is 0 Å². The van der Waals surface area contributed by atoms with Gasteiger partial charge in [-0.15, -0.1) is 12.3 Å². The van der Waals surface area contributed by atoms with E-state index in [1.807, 2.05) is 6.07 Å². The lowest BCUT2D eigenvalue weighted by Crippen LogP contribution is -2.25. The van der Waals surface area contributed by atoms with Crippen molar-refractivity contribution in [3.63, 3.8) is 0 Å². The van der Waals surface area contributed by atoms with Crippen LogP contribution in [0.2, 0.25) is 0 Å². The minimum absolute atomic E-state index is 0.157. The molecule has 0 fully saturated rings. The number of fused-ring (bicyclic) bond motifs is 6. The zero-order valence-corrected chi connectivity index (χ0v) is 14.6. The number of rotatable bonds is 2. The first-order valence-corrected chi connectivity index (χ1v) is 9.18. The molecule has 3 aliphatic carbocycles. The lowest BCUT2D eigenvalue weighted by atomic mass is 9.71. The van der Waals surface area contributed by atoms with Gasteiger partial charge in [-0.25, -0.2) is 4.39 Å². The molecule has 0 nitrogen and oxygen atoms in total. The Morgan fingerprint density at radius 1 is 1.12 bits per heavy atom. The number of halogens is 1. The third-order valence-corrected chi connectivity index (χ3v) is 6.05. The molecule has 0 radical (unpaired) electrons. The zero-order chi connectivity index (χ0) is 17.7. The smallest absolute Gasteiger partial charge is 0.123 e. The lowest BCUT2D eigenvalue weighted by Gasteiger charge is -2.30. The third-order valence-electron chi connectivity index (χ3n) is 6.05. The molecule has 2 aromatic carbocycles. The molecule has 1 atom stereocenters. The Bertz CT molecular complexity index is 1060. The van der Waals surface area contributed by atoms with Crippen LogP contribution >= 0.6 is 0 Å². The van der Waals surface area contributed by atoms with Gasteiger partial charge in [-0.3, -0.25) is 0 Å². The quantitative estimate of drug-likeness (QED) is 0.462. The fraction of sp³-hybridized carbons (Fsp3) is 0.200. The Labute approximate surface area is 153 Å². The van der Waals surface area contributed by atoms with Crippen LogP contribution in [-0.4, -0.2) is 0 Å². The molecule has 1 heteroatoms. The highest BCUT2D eigenvalue weighted by Crippen LogP contribution is 2.62. The van der Waals surface area contributed by atoms with Gasteiger partial charge in [-0.2, -0.15) is 0 Å². The Hall–Kier alpha value is -2.85. The second-order valence-electron chi connectivity index (χ2n) is 7.29. The Kier molecular flexibility index (Phi) is 3.31. The van der Waals surface area contributed by atoms with Crippen LogP contribution in [-0.2, 0) is 5.41 Å². The largest absolute Gasteiger partial charge is 0.207 e. The number of hydrogen-bond acceptors (Lipinski definition) is 0. The normalized spacial score (nSPS) is 23.5. The lowest BCUT2D eigenvalue weighted by molar-refractivity contribution is 0.605. The summed E-state index contributed by atoms with van der Waals surface area (Å²) in [7, 11) is 0. The molecular formula is C25H19F. The number of allylic oxidation sites excluding steroid dienone is 6. The number of hydrogen-bond donors (Lipinski definition) is 0. The van der Waals surface area contributed by atoms with Crippen LogP contribution in [0.5, 0.6) is 0 Å². The monoisotopic (exact) mass is 338 g/mol. The first kappa shape index (κ1) is 15.4. The summed E-state index contributed by atoms with van der Waals surface area (Å²) < 4.78 is 14.2. The van der Waals surface area contributed by atoms with Gasteiger partial charge in [0.15, 0.2) is 0 Å². The predicted molar refractivity (Wildman–Crippen MR) is 105 cm³/mol. The maximum atomic E-state index is 14.2. The SMILES string of the molecule is C#CCC/C=C1\CC2(C3=C(C=CC3)c3ccc(F)cc32)c2ccccc21. The molecule has 5 rings (SSSR count). The molecule has 1 spiro atoms. The molecule has 26 heavy (non-hydrogen) atoms. The van der Waals surface area contributed by atoms with E-state index < -0.39 is 0 Å². The minimum Gasteiger partial charge on any atom is -0.207 e. The zero-order valence-electron chi connectivity index (χ0n) is 14.6. The first-order chi connectivity index (χ1) is 12.8. The van der Waals surface area contributed by atoms with Crippen molar-refractivity contribution in [3.8, 4) is 12.3 Å². The molecule has 0 aliphatic heterocycles. The molecular weight excluding hydrogens is 319 g/mol. The molecule has 0 saturated carbocycles. The summed E-state index contributed by atoms with van der Waals surface area (Å²) in [6.45, 7) is 0. The van der Waals surface area contributed by atoms with Gasteiger partial charge in [0, 0.05) is 11.8 Å². The van der Waals surface area contributed by atoms with Crippen LogP contribution < -0.4 is 0 Å². The molecule has 0 aromatic heterocycles. The first-order valence-electron chi connectivity index (χ1n) is 9.18. The van der Waals surface area contributed by atoms with Gasteiger partial charge >= 0.3 is 0 Å². The van der Waals surface area contributed by atoms with Gasteiger partial charge in [0.1, 0.15) is 5.82 Å². The summed E-state index contributed by atoms with van der Waals surface area (Å²) in [5, 5.41) is 0. The average Bonchev–Trinajstić information content (AvgIpc) is 3.31. The van der Waals surface area contributed by atoms with Crippen molar-refractivity contribution in [2.24, 2.45) is 0 Å². The van der Waals surface area contributed by atoms with Crippen molar-refractivity contribution < 1.29 is 4.39 Å². The minimum atomic E-state index is -0.227. The van der Waals surface area contributed by atoms with Crippen LogP contribution in [0.1, 0.15) is 47.9 Å². The van der Waals surface area contributed by atoms with E-state index in [1.54, 1.807) is 12.1 Å². The highest BCUT2D eigenvalue weighted by molar-refractivity contribution is 5.94. The van der Waals surface area contributed by atoms with Crippen molar-refractivity contribution >= 4 is 11.1 Å². The van der Waals surface area contributed by atoms with Crippen molar-refractivity contribution in [1.82, 2.24) is 0 Å². The maximum Gasteiger partial charge on any atom is 0.123 e. The van der Waals surface area contributed by atoms with Gasteiger partial charge in [0.25, 0.3) is 0 Å². The van der Waals surface area contributed by atoms with E-state index in [-0.39, 0.29) is 11.2 Å². The van der Waals surface area contributed by atoms with E-state index in [0.717, 1.165) is 31.2 Å². The van der Waals surface area contributed by atoms with Crippen LogP contribution in [0.15, 0.2) is 66.3 Å². The maximum absolute atomic E-state index is 14.2. The van der Waals surface area contributed by atoms with Gasteiger partial charge < -0.3 is 0 Å². The average molecular weight is 338 g/mol. The summed E-state index contributed by atoms with van der Waals surface area (Å²) in [5.74, 6) is 2.57. The Morgan fingerprint density at radius 3 is 2.88 bits per heavy atom. The van der Waals surface area contributed by atoms with Crippen molar-refractivity contribution in [2.45, 2.75) is 31.1 Å². The molecule has 0 N–H and O–H groups in total. The van der Waals surface area contributed by atoms with Crippen molar-refractivity contribution in [3.05, 3.63) is 94.3 Å². The fourth-order valence-electron chi connectivity index (χ4n) is 5.06. The summed E-state index contributed by atoms with van der Waals surface area (Å²) in [6, 6.07) is 13.9. The standard InChI is InChI=1S/C25H19F/c1-2-3-4-8-17-16-25(22-11-6-5-9-19(17)22)23-12-7-10-20(23)21-14-13-18(26)15-24(21)25/h1,5-11,13-15H,3-4,12,16H2/b17-8+. The van der Waals surface area contributed by atoms with E-state index in [1.165, 1.54) is 33.4 Å².